The average molecular weight is 388 g/mol. The average Bonchev–Trinajstić information content (AvgIpc) is 2.69. The van der Waals surface area contributed by atoms with E-state index in [1.807, 2.05) is 6.92 Å². The van der Waals surface area contributed by atoms with Crippen molar-refractivity contribution in [2.24, 2.45) is 0 Å². The molecule has 0 spiro atoms. The van der Waals surface area contributed by atoms with Gasteiger partial charge in [-0.2, -0.15) is 0 Å². The Balaban J connectivity index is 1.87. The first-order chi connectivity index (χ1) is 13.0. The lowest BCUT2D eigenvalue weighted by molar-refractivity contribution is 0.373. The van der Waals surface area contributed by atoms with Gasteiger partial charge in [0.05, 0.1) is 36.3 Å². The summed E-state index contributed by atoms with van der Waals surface area (Å²) in [7, 11) is 1.49. The Morgan fingerprint density at radius 2 is 2.04 bits per heavy atom. The van der Waals surface area contributed by atoms with Gasteiger partial charge in [-0.3, -0.25) is 4.98 Å². The topological polar surface area (TPSA) is 67.3 Å². The Labute approximate surface area is 161 Å². The van der Waals surface area contributed by atoms with Gasteiger partial charge in [-0.15, -0.1) is 0 Å². The number of nitrogens with one attached hydrogen (secondary N) is 1. The first-order valence-corrected chi connectivity index (χ1v) is 8.80. The van der Waals surface area contributed by atoms with Crippen LogP contribution < -0.4 is 10.1 Å². The predicted molar refractivity (Wildman–Crippen MR) is 104 cm³/mol. The molecular weight excluding hydrogens is 369 g/mol. The predicted octanol–water partition coefficient (Wildman–Crippen LogP) is 5.21. The Morgan fingerprint density at radius 3 is 2.74 bits per heavy atom. The SMILES string of the molecule is CCC(Nc1cncc(-c2ccc(O)c(OC)c2)n1)c1ccc(Cl)c(F)c1. The van der Waals surface area contributed by atoms with E-state index in [9.17, 15) is 9.50 Å². The number of hydrogen-bond acceptors (Lipinski definition) is 5. The number of rotatable bonds is 6. The zero-order valence-corrected chi connectivity index (χ0v) is 15.7. The molecule has 2 N–H and O–H groups in total. The maximum atomic E-state index is 13.8. The van der Waals surface area contributed by atoms with E-state index < -0.39 is 5.82 Å². The highest BCUT2D eigenvalue weighted by Gasteiger charge is 2.13. The Hall–Kier alpha value is -2.86. The van der Waals surface area contributed by atoms with Crippen molar-refractivity contribution in [3.63, 3.8) is 0 Å². The minimum Gasteiger partial charge on any atom is -0.504 e. The molecule has 140 valence electrons. The second-order valence-electron chi connectivity index (χ2n) is 5.95. The summed E-state index contributed by atoms with van der Waals surface area (Å²) < 4.78 is 18.9. The van der Waals surface area contributed by atoms with E-state index >= 15 is 0 Å². The zero-order valence-electron chi connectivity index (χ0n) is 14.9. The summed E-state index contributed by atoms with van der Waals surface area (Å²) in [6.45, 7) is 1.99. The fraction of sp³-hybridized carbons (Fsp3) is 0.200. The molecule has 0 amide bonds. The first kappa shape index (κ1) is 18.9. The number of aromatic nitrogens is 2. The molecule has 3 aromatic rings. The highest BCUT2D eigenvalue weighted by atomic mass is 35.5. The maximum Gasteiger partial charge on any atom is 0.161 e. The number of ether oxygens (including phenoxy) is 1. The summed E-state index contributed by atoms with van der Waals surface area (Å²) >= 11 is 5.77. The number of benzene rings is 2. The van der Waals surface area contributed by atoms with Gasteiger partial charge < -0.3 is 15.2 Å². The molecule has 0 radical (unpaired) electrons. The summed E-state index contributed by atoms with van der Waals surface area (Å²) in [6.07, 6.45) is 3.95. The summed E-state index contributed by atoms with van der Waals surface area (Å²) in [6, 6.07) is 9.57. The van der Waals surface area contributed by atoms with Gasteiger partial charge in [0.1, 0.15) is 11.6 Å². The number of phenolic OH excluding ortho intramolecular Hbond substituents is 1. The number of hydrogen-bond donors (Lipinski definition) is 2. The Kier molecular flexibility index (Phi) is 5.76. The largest absolute Gasteiger partial charge is 0.504 e. The third kappa shape index (κ3) is 4.28. The summed E-state index contributed by atoms with van der Waals surface area (Å²) in [5.41, 5.74) is 2.15. The third-order valence-electron chi connectivity index (χ3n) is 4.19. The van der Waals surface area contributed by atoms with Gasteiger partial charge in [-0.1, -0.05) is 24.6 Å². The zero-order chi connectivity index (χ0) is 19.4. The number of methoxy groups -OCH3 is 1. The Morgan fingerprint density at radius 1 is 1.22 bits per heavy atom. The van der Waals surface area contributed by atoms with E-state index in [4.69, 9.17) is 16.3 Å². The van der Waals surface area contributed by atoms with E-state index in [1.165, 1.54) is 13.2 Å². The standard InChI is InChI=1S/C20H19ClFN3O2/c1-3-16(12-4-6-14(21)15(22)8-12)24-20-11-23-10-17(25-20)13-5-7-18(26)19(9-13)27-2/h4-11,16,26H,3H2,1-2H3,(H,24,25). The number of anilines is 1. The van der Waals surface area contributed by atoms with Crippen molar-refractivity contribution < 1.29 is 14.2 Å². The number of nitrogens with zero attached hydrogens (tertiary/aromatic N) is 2. The minimum absolute atomic E-state index is 0.0549. The van der Waals surface area contributed by atoms with Crippen LogP contribution in [0, 0.1) is 5.82 Å². The highest BCUT2D eigenvalue weighted by molar-refractivity contribution is 6.30. The minimum atomic E-state index is -0.453. The van der Waals surface area contributed by atoms with Gasteiger partial charge in [0.25, 0.3) is 0 Å². The number of aromatic hydroxyl groups is 1. The molecule has 0 bridgehead atoms. The van der Waals surface area contributed by atoms with Crippen LogP contribution in [0.3, 0.4) is 0 Å². The normalized spacial score (nSPS) is 11.9. The molecule has 1 heterocycles. The van der Waals surface area contributed by atoms with E-state index in [1.54, 1.807) is 42.7 Å². The molecule has 2 aromatic carbocycles. The summed E-state index contributed by atoms with van der Waals surface area (Å²) in [4.78, 5) is 8.80. The third-order valence-corrected chi connectivity index (χ3v) is 4.49. The van der Waals surface area contributed by atoms with Crippen LogP contribution in [0.4, 0.5) is 10.2 Å². The molecule has 3 rings (SSSR count). The van der Waals surface area contributed by atoms with Crippen molar-refractivity contribution in [3.8, 4) is 22.8 Å². The molecule has 1 unspecified atom stereocenters. The second-order valence-corrected chi connectivity index (χ2v) is 6.36. The monoisotopic (exact) mass is 387 g/mol. The van der Waals surface area contributed by atoms with Crippen LogP contribution in [0.5, 0.6) is 11.5 Å². The van der Waals surface area contributed by atoms with Crippen LogP contribution in [0.15, 0.2) is 48.8 Å². The van der Waals surface area contributed by atoms with Crippen LogP contribution in [0.2, 0.25) is 5.02 Å². The van der Waals surface area contributed by atoms with Gasteiger partial charge in [0.15, 0.2) is 11.5 Å². The fourth-order valence-corrected chi connectivity index (χ4v) is 2.86. The molecular formula is C20H19ClFN3O2. The molecule has 0 aliphatic rings. The molecule has 0 fully saturated rings. The van der Waals surface area contributed by atoms with Crippen LogP contribution in [-0.4, -0.2) is 22.2 Å². The van der Waals surface area contributed by atoms with Gasteiger partial charge in [0.2, 0.25) is 0 Å². The smallest absolute Gasteiger partial charge is 0.161 e. The van der Waals surface area contributed by atoms with Crippen LogP contribution in [0.25, 0.3) is 11.3 Å². The van der Waals surface area contributed by atoms with Gasteiger partial charge >= 0.3 is 0 Å². The van der Waals surface area contributed by atoms with E-state index in [-0.39, 0.29) is 16.8 Å². The lowest BCUT2D eigenvalue weighted by atomic mass is 10.0. The lowest BCUT2D eigenvalue weighted by Crippen LogP contribution is -2.11. The second kappa shape index (κ2) is 8.22. The van der Waals surface area contributed by atoms with E-state index in [2.05, 4.69) is 15.3 Å². The molecule has 7 heteroatoms. The van der Waals surface area contributed by atoms with E-state index in [0.717, 1.165) is 17.5 Å². The van der Waals surface area contributed by atoms with Crippen molar-refractivity contribution in [1.82, 2.24) is 9.97 Å². The Bertz CT molecular complexity index is 952. The molecule has 0 aliphatic carbocycles. The van der Waals surface area contributed by atoms with Gasteiger partial charge in [-0.05, 0) is 42.3 Å². The molecule has 5 nitrogen and oxygen atoms in total. The molecule has 1 atom stereocenters. The highest BCUT2D eigenvalue weighted by Crippen LogP contribution is 2.31. The molecule has 0 saturated carbocycles. The molecule has 0 saturated heterocycles. The summed E-state index contributed by atoms with van der Waals surface area (Å²) in [5, 5.41) is 13.1. The quantitative estimate of drug-likeness (QED) is 0.607. The van der Waals surface area contributed by atoms with Gasteiger partial charge in [0, 0.05) is 5.56 Å². The number of phenols is 1. The molecule has 1 aromatic heterocycles. The maximum absolute atomic E-state index is 13.8. The van der Waals surface area contributed by atoms with Crippen molar-refractivity contribution in [3.05, 3.63) is 65.2 Å². The lowest BCUT2D eigenvalue weighted by Gasteiger charge is -2.18. The van der Waals surface area contributed by atoms with Crippen molar-refractivity contribution in [1.29, 1.82) is 0 Å². The summed E-state index contributed by atoms with van der Waals surface area (Å²) in [5.74, 6) is 0.516. The van der Waals surface area contributed by atoms with Crippen molar-refractivity contribution in [2.45, 2.75) is 19.4 Å². The first-order valence-electron chi connectivity index (χ1n) is 8.42. The van der Waals surface area contributed by atoms with E-state index in [0.29, 0.717) is 17.3 Å². The molecule has 0 aliphatic heterocycles. The number of halogens is 2. The van der Waals surface area contributed by atoms with Crippen LogP contribution in [-0.2, 0) is 0 Å². The molecule has 27 heavy (non-hydrogen) atoms. The van der Waals surface area contributed by atoms with Crippen LogP contribution in [0.1, 0.15) is 24.9 Å². The van der Waals surface area contributed by atoms with Gasteiger partial charge in [-0.25, -0.2) is 9.37 Å². The van der Waals surface area contributed by atoms with Crippen molar-refractivity contribution >= 4 is 17.4 Å². The fourth-order valence-electron chi connectivity index (χ4n) is 2.74. The van der Waals surface area contributed by atoms with Crippen molar-refractivity contribution in [2.75, 3.05) is 12.4 Å². The van der Waals surface area contributed by atoms with Crippen LogP contribution >= 0.6 is 11.6 Å².